The summed E-state index contributed by atoms with van der Waals surface area (Å²) in [6.45, 7) is 1.81. The standard InChI is InChI=1S/C15H15FN2O3/c1-10(12-5-3-4-6-13(12)16)17-11-7-8-14(18(19)20)15(9-11)21-2/h3-10,17H,1-2H3. The summed E-state index contributed by atoms with van der Waals surface area (Å²) in [5.41, 5.74) is 1.03. The third-order valence-electron chi connectivity index (χ3n) is 3.13. The molecule has 0 aliphatic heterocycles. The molecule has 1 unspecified atom stereocenters. The maximum atomic E-state index is 13.7. The van der Waals surface area contributed by atoms with Crippen LogP contribution in [0.2, 0.25) is 0 Å². The number of ether oxygens (including phenoxy) is 1. The van der Waals surface area contributed by atoms with Gasteiger partial charge in [0.05, 0.1) is 18.1 Å². The topological polar surface area (TPSA) is 64.4 Å². The van der Waals surface area contributed by atoms with Crippen LogP contribution in [-0.4, -0.2) is 12.0 Å². The fourth-order valence-electron chi connectivity index (χ4n) is 2.07. The van der Waals surface area contributed by atoms with Crippen LogP contribution in [0.3, 0.4) is 0 Å². The largest absolute Gasteiger partial charge is 0.490 e. The Hall–Kier alpha value is -2.63. The van der Waals surface area contributed by atoms with Gasteiger partial charge >= 0.3 is 5.69 Å². The summed E-state index contributed by atoms with van der Waals surface area (Å²) in [5.74, 6) is -0.142. The zero-order valence-electron chi connectivity index (χ0n) is 11.7. The van der Waals surface area contributed by atoms with Crippen LogP contribution in [0.4, 0.5) is 15.8 Å². The van der Waals surface area contributed by atoms with Gasteiger partial charge in [0.2, 0.25) is 0 Å². The summed E-state index contributed by atoms with van der Waals surface area (Å²) < 4.78 is 18.7. The molecule has 21 heavy (non-hydrogen) atoms. The van der Waals surface area contributed by atoms with Gasteiger partial charge in [-0.2, -0.15) is 0 Å². The van der Waals surface area contributed by atoms with Gasteiger partial charge in [-0.15, -0.1) is 0 Å². The second kappa shape index (κ2) is 6.21. The molecule has 0 aliphatic rings. The smallest absolute Gasteiger partial charge is 0.311 e. The van der Waals surface area contributed by atoms with Crippen molar-refractivity contribution in [3.05, 3.63) is 64.0 Å². The molecule has 0 bridgehead atoms. The highest BCUT2D eigenvalue weighted by Gasteiger charge is 2.16. The molecule has 0 radical (unpaired) electrons. The minimum Gasteiger partial charge on any atom is -0.490 e. The van der Waals surface area contributed by atoms with Crippen molar-refractivity contribution in [1.29, 1.82) is 0 Å². The second-order valence-electron chi connectivity index (χ2n) is 4.53. The van der Waals surface area contributed by atoms with E-state index in [1.807, 2.05) is 6.92 Å². The molecule has 110 valence electrons. The Balaban J connectivity index is 2.24. The third-order valence-corrected chi connectivity index (χ3v) is 3.13. The number of methoxy groups -OCH3 is 1. The second-order valence-corrected chi connectivity index (χ2v) is 4.53. The highest BCUT2D eigenvalue weighted by molar-refractivity contribution is 5.58. The quantitative estimate of drug-likeness (QED) is 0.669. The molecule has 0 heterocycles. The lowest BCUT2D eigenvalue weighted by Crippen LogP contribution is -2.08. The first-order valence-corrected chi connectivity index (χ1v) is 6.36. The summed E-state index contributed by atoms with van der Waals surface area (Å²) in [7, 11) is 1.37. The first-order valence-electron chi connectivity index (χ1n) is 6.36. The van der Waals surface area contributed by atoms with Gasteiger partial charge in [0.25, 0.3) is 0 Å². The van der Waals surface area contributed by atoms with Gasteiger partial charge in [-0.3, -0.25) is 10.1 Å². The molecule has 6 heteroatoms. The fourth-order valence-corrected chi connectivity index (χ4v) is 2.07. The van der Waals surface area contributed by atoms with Crippen LogP contribution >= 0.6 is 0 Å². The number of hydrogen-bond donors (Lipinski definition) is 1. The molecular formula is C15H15FN2O3. The normalized spacial score (nSPS) is 11.8. The van der Waals surface area contributed by atoms with E-state index in [1.54, 1.807) is 24.3 Å². The highest BCUT2D eigenvalue weighted by atomic mass is 19.1. The number of anilines is 1. The summed E-state index contributed by atoms with van der Waals surface area (Å²) in [6.07, 6.45) is 0. The Morgan fingerprint density at radius 3 is 2.62 bits per heavy atom. The van der Waals surface area contributed by atoms with Crippen molar-refractivity contribution in [2.45, 2.75) is 13.0 Å². The Kier molecular flexibility index (Phi) is 4.37. The summed E-state index contributed by atoms with van der Waals surface area (Å²) in [4.78, 5) is 10.3. The number of nitrogens with one attached hydrogen (secondary N) is 1. The molecule has 0 amide bonds. The number of hydrogen-bond acceptors (Lipinski definition) is 4. The van der Waals surface area contributed by atoms with Gasteiger partial charge in [-0.05, 0) is 19.1 Å². The molecule has 2 aromatic carbocycles. The summed E-state index contributed by atoms with van der Waals surface area (Å²) >= 11 is 0. The van der Waals surface area contributed by atoms with Crippen molar-refractivity contribution in [2.24, 2.45) is 0 Å². The maximum Gasteiger partial charge on any atom is 0.311 e. The molecular weight excluding hydrogens is 275 g/mol. The molecule has 2 aromatic rings. The van der Waals surface area contributed by atoms with Crippen LogP contribution in [0.1, 0.15) is 18.5 Å². The van der Waals surface area contributed by atoms with E-state index in [0.717, 1.165) is 0 Å². The number of benzene rings is 2. The average Bonchev–Trinajstić information content (AvgIpc) is 2.47. The molecule has 0 saturated carbocycles. The zero-order valence-corrected chi connectivity index (χ0v) is 11.7. The minimum atomic E-state index is -0.511. The Labute approximate surface area is 121 Å². The van der Waals surface area contributed by atoms with Gasteiger partial charge in [0.1, 0.15) is 5.82 Å². The first-order chi connectivity index (χ1) is 10.0. The molecule has 5 nitrogen and oxygen atoms in total. The highest BCUT2D eigenvalue weighted by Crippen LogP contribution is 2.31. The van der Waals surface area contributed by atoms with E-state index >= 15 is 0 Å². The predicted octanol–water partition coefficient (Wildman–Crippen LogP) is 3.92. The van der Waals surface area contributed by atoms with E-state index < -0.39 is 4.92 Å². The lowest BCUT2D eigenvalue weighted by atomic mass is 10.1. The van der Waals surface area contributed by atoms with Crippen LogP contribution in [0, 0.1) is 15.9 Å². The van der Waals surface area contributed by atoms with E-state index in [2.05, 4.69) is 5.32 Å². The lowest BCUT2D eigenvalue weighted by molar-refractivity contribution is -0.385. The van der Waals surface area contributed by atoms with Crippen LogP contribution < -0.4 is 10.1 Å². The van der Waals surface area contributed by atoms with Crippen molar-refractivity contribution < 1.29 is 14.1 Å². The van der Waals surface area contributed by atoms with E-state index in [9.17, 15) is 14.5 Å². The average molecular weight is 290 g/mol. The number of halogens is 1. The molecule has 0 aromatic heterocycles. The third kappa shape index (κ3) is 3.28. The van der Waals surface area contributed by atoms with Gasteiger partial charge in [-0.25, -0.2) is 4.39 Å². The zero-order chi connectivity index (χ0) is 15.4. The van der Waals surface area contributed by atoms with Crippen LogP contribution in [0.15, 0.2) is 42.5 Å². The summed E-state index contributed by atoms with van der Waals surface area (Å²) in [6, 6.07) is 10.6. The molecule has 1 N–H and O–H groups in total. The monoisotopic (exact) mass is 290 g/mol. The Morgan fingerprint density at radius 1 is 1.29 bits per heavy atom. The van der Waals surface area contributed by atoms with E-state index in [4.69, 9.17) is 4.74 Å². The molecule has 2 rings (SSSR count). The minimum absolute atomic E-state index is 0.110. The van der Waals surface area contributed by atoms with Crippen molar-refractivity contribution in [3.8, 4) is 5.75 Å². The first kappa shape index (κ1) is 14.8. The number of nitro benzene ring substituents is 1. The number of nitro groups is 1. The fraction of sp³-hybridized carbons (Fsp3) is 0.200. The van der Waals surface area contributed by atoms with Crippen molar-refractivity contribution in [3.63, 3.8) is 0 Å². The van der Waals surface area contributed by atoms with Crippen LogP contribution in [-0.2, 0) is 0 Å². The molecule has 0 aliphatic carbocycles. The number of rotatable bonds is 5. The van der Waals surface area contributed by atoms with Gasteiger partial charge in [0.15, 0.2) is 5.75 Å². The van der Waals surface area contributed by atoms with Crippen LogP contribution in [0.25, 0.3) is 0 Å². The van der Waals surface area contributed by atoms with Gasteiger partial charge in [0, 0.05) is 23.4 Å². The van der Waals surface area contributed by atoms with Gasteiger partial charge in [-0.1, -0.05) is 18.2 Å². The Morgan fingerprint density at radius 2 is 2.00 bits per heavy atom. The van der Waals surface area contributed by atoms with E-state index in [-0.39, 0.29) is 23.3 Å². The lowest BCUT2D eigenvalue weighted by Gasteiger charge is -2.16. The maximum absolute atomic E-state index is 13.7. The molecule has 0 spiro atoms. The number of nitrogens with zero attached hydrogens (tertiary/aromatic N) is 1. The van der Waals surface area contributed by atoms with Crippen molar-refractivity contribution in [1.82, 2.24) is 0 Å². The van der Waals surface area contributed by atoms with E-state index in [0.29, 0.717) is 11.3 Å². The SMILES string of the molecule is COc1cc(NC(C)c2ccccc2F)ccc1[N+](=O)[O-]. The predicted molar refractivity (Wildman–Crippen MR) is 78.1 cm³/mol. The van der Waals surface area contributed by atoms with Crippen molar-refractivity contribution >= 4 is 11.4 Å². The summed E-state index contributed by atoms with van der Waals surface area (Å²) in [5, 5.41) is 13.9. The van der Waals surface area contributed by atoms with Crippen LogP contribution in [0.5, 0.6) is 5.75 Å². The molecule has 1 atom stereocenters. The molecule has 0 fully saturated rings. The molecule has 0 saturated heterocycles. The van der Waals surface area contributed by atoms with E-state index in [1.165, 1.54) is 25.3 Å². The van der Waals surface area contributed by atoms with Gasteiger partial charge < -0.3 is 10.1 Å². The Bertz CT molecular complexity index is 661. The van der Waals surface area contributed by atoms with Crippen molar-refractivity contribution in [2.75, 3.05) is 12.4 Å².